The van der Waals surface area contributed by atoms with Crippen molar-refractivity contribution in [1.29, 1.82) is 0 Å². The summed E-state index contributed by atoms with van der Waals surface area (Å²) in [4.78, 5) is 24.8. The van der Waals surface area contributed by atoms with Crippen LogP contribution in [0.1, 0.15) is 33.1 Å². The SMILES string of the molecule is CC(C)CN(CC(N)=O)C(=O)CC1CCNCC1. The van der Waals surface area contributed by atoms with Gasteiger partial charge in [0.15, 0.2) is 0 Å². The van der Waals surface area contributed by atoms with Gasteiger partial charge in [-0.1, -0.05) is 13.8 Å². The maximum absolute atomic E-state index is 12.2. The number of nitrogens with one attached hydrogen (secondary N) is 1. The van der Waals surface area contributed by atoms with E-state index in [9.17, 15) is 9.59 Å². The van der Waals surface area contributed by atoms with E-state index in [1.807, 2.05) is 13.8 Å². The predicted molar refractivity (Wildman–Crippen MR) is 70.8 cm³/mol. The maximum Gasteiger partial charge on any atom is 0.237 e. The van der Waals surface area contributed by atoms with Gasteiger partial charge in [0.05, 0.1) is 6.54 Å². The van der Waals surface area contributed by atoms with E-state index < -0.39 is 5.91 Å². The van der Waals surface area contributed by atoms with Gasteiger partial charge >= 0.3 is 0 Å². The summed E-state index contributed by atoms with van der Waals surface area (Å²) in [6, 6.07) is 0. The number of nitrogens with two attached hydrogens (primary N) is 1. The minimum absolute atomic E-state index is 0.0436. The molecule has 1 rings (SSSR count). The summed E-state index contributed by atoms with van der Waals surface area (Å²) in [5, 5.41) is 3.28. The smallest absolute Gasteiger partial charge is 0.237 e. The molecule has 0 aromatic heterocycles. The van der Waals surface area contributed by atoms with Gasteiger partial charge in [-0.2, -0.15) is 0 Å². The zero-order valence-electron chi connectivity index (χ0n) is 11.4. The summed E-state index contributed by atoms with van der Waals surface area (Å²) in [5.41, 5.74) is 5.20. The minimum atomic E-state index is -0.436. The van der Waals surface area contributed by atoms with Gasteiger partial charge in [-0.25, -0.2) is 0 Å². The van der Waals surface area contributed by atoms with Crippen molar-refractivity contribution < 1.29 is 9.59 Å². The van der Waals surface area contributed by atoms with Gasteiger partial charge in [0.1, 0.15) is 0 Å². The zero-order chi connectivity index (χ0) is 13.5. The first kappa shape index (κ1) is 15.0. The van der Waals surface area contributed by atoms with Gasteiger partial charge in [0.25, 0.3) is 0 Å². The van der Waals surface area contributed by atoms with Gasteiger partial charge in [-0.15, -0.1) is 0 Å². The molecule has 5 nitrogen and oxygen atoms in total. The summed E-state index contributed by atoms with van der Waals surface area (Å²) in [6.45, 7) is 6.68. The Bertz CT molecular complexity index is 286. The van der Waals surface area contributed by atoms with Crippen LogP contribution in [0.15, 0.2) is 0 Å². The van der Waals surface area contributed by atoms with Crippen molar-refractivity contribution in [3.8, 4) is 0 Å². The van der Waals surface area contributed by atoms with Crippen molar-refractivity contribution in [2.24, 2.45) is 17.6 Å². The molecule has 0 saturated carbocycles. The standard InChI is InChI=1S/C13H25N3O2/c1-10(2)8-16(9-12(14)17)13(18)7-11-3-5-15-6-4-11/h10-11,15H,3-9H2,1-2H3,(H2,14,17). The van der Waals surface area contributed by atoms with Crippen LogP contribution in [0.3, 0.4) is 0 Å². The highest BCUT2D eigenvalue weighted by atomic mass is 16.2. The molecule has 0 aliphatic carbocycles. The average molecular weight is 255 g/mol. The Morgan fingerprint density at radius 1 is 1.33 bits per heavy atom. The second-order valence-corrected chi connectivity index (χ2v) is 5.53. The number of hydrogen-bond donors (Lipinski definition) is 2. The Hall–Kier alpha value is -1.10. The molecule has 1 aliphatic rings. The molecule has 1 aliphatic heterocycles. The van der Waals surface area contributed by atoms with E-state index in [0.29, 0.717) is 24.8 Å². The second kappa shape index (κ2) is 7.36. The molecule has 0 radical (unpaired) electrons. The molecular weight excluding hydrogens is 230 g/mol. The summed E-state index contributed by atoms with van der Waals surface area (Å²) in [6.07, 6.45) is 2.62. The highest BCUT2D eigenvalue weighted by molar-refractivity contribution is 5.83. The third-order valence-electron chi connectivity index (χ3n) is 3.21. The van der Waals surface area contributed by atoms with E-state index >= 15 is 0 Å². The lowest BCUT2D eigenvalue weighted by molar-refractivity contribution is -0.136. The van der Waals surface area contributed by atoms with E-state index in [1.165, 1.54) is 0 Å². The molecule has 0 bridgehead atoms. The largest absolute Gasteiger partial charge is 0.368 e. The van der Waals surface area contributed by atoms with E-state index in [2.05, 4.69) is 5.32 Å². The molecule has 0 spiro atoms. The molecular formula is C13H25N3O2. The molecule has 3 N–H and O–H groups in total. The van der Waals surface area contributed by atoms with Crippen molar-refractivity contribution >= 4 is 11.8 Å². The summed E-state index contributed by atoms with van der Waals surface area (Å²) < 4.78 is 0. The number of primary amides is 1. The van der Waals surface area contributed by atoms with E-state index in [0.717, 1.165) is 25.9 Å². The summed E-state index contributed by atoms with van der Waals surface area (Å²) >= 11 is 0. The minimum Gasteiger partial charge on any atom is -0.368 e. The molecule has 1 fully saturated rings. The van der Waals surface area contributed by atoms with Crippen LogP contribution >= 0.6 is 0 Å². The highest BCUT2D eigenvalue weighted by Crippen LogP contribution is 2.17. The van der Waals surface area contributed by atoms with E-state index in [-0.39, 0.29) is 12.5 Å². The lowest BCUT2D eigenvalue weighted by Crippen LogP contribution is -2.42. The third kappa shape index (κ3) is 5.49. The van der Waals surface area contributed by atoms with Gasteiger partial charge < -0.3 is 16.0 Å². The predicted octanol–water partition coefficient (Wildman–Crippen LogP) is 0.346. The average Bonchev–Trinajstić information content (AvgIpc) is 2.28. The first-order valence-electron chi connectivity index (χ1n) is 6.75. The lowest BCUT2D eigenvalue weighted by atomic mass is 9.94. The quantitative estimate of drug-likeness (QED) is 0.719. The number of rotatable bonds is 6. The lowest BCUT2D eigenvalue weighted by Gasteiger charge is -2.27. The van der Waals surface area contributed by atoms with Crippen LogP contribution in [-0.4, -0.2) is 42.9 Å². The molecule has 0 atom stereocenters. The van der Waals surface area contributed by atoms with E-state index in [4.69, 9.17) is 5.73 Å². The maximum atomic E-state index is 12.2. The molecule has 5 heteroatoms. The molecule has 18 heavy (non-hydrogen) atoms. The topological polar surface area (TPSA) is 75.4 Å². The molecule has 1 heterocycles. The summed E-state index contributed by atoms with van der Waals surface area (Å²) in [7, 11) is 0. The number of hydrogen-bond acceptors (Lipinski definition) is 3. The molecule has 0 unspecified atom stereocenters. The molecule has 1 saturated heterocycles. The van der Waals surface area contributed by atoms with Gasteiger partial charge in [-0.05, 0) is 37.8 Å². The Labute approximate surface area is 109 Å². The number of carbonyl (C=O) groups is 2. The van der Waals surface area contributed by atoms with Crippen molar-refractivity contribution in [1.82, 2.24) is 10.2 Å². The van der Waals surface area contributed by atoms with Gasteiger partial charge in [0, 0.05) is 13.0 Å². The first-order chi connectivity index (χ1) is 8.49. The Balaban J connectivity index is 2.48. The summed E-state index contributed by atoms with van der Waals surface area (Å²) in [5.74, 6) is 0.423. The fraction of sp³-hybridized carbons (Fsp3) is 0.846. The molecule has 0 aromatic rings. The van der Waals surface area contributed by atoms with Gasteiger partial charge in [0.2, 0.25) is 11.8 Å². The van der Waals surface area contributed by atoms with Crippen molar-refractivity contribution in [3.63, 3.8) is 0 Å². The second-order valence-electron chi connectivity index (χ2n) is 5.53. The number of piperidine rings is 1. The molecule has 104 valence electrons. The van der Waals surface area contributed by atoms with Crippen molar-refractivity contribution in [3.05, 3.63) is 0 Å². The van der Waals surface area contributed by atoms with Crippen molar-refractivity contribution in [2.75, 3.05) is 26.2 Å². The van der Waals surface area contributed by atoms with Crippen LogP contribution in [0.5, 0.6) is 0 Å². The number of carbonyl (C=O) groups excluding carboxylic acids is 2. The fourth-order valence-electron chi connectivity index (χ4n) is 2.35. The van der Waals surface area contributed by atoms with Crippen LogP contribution in [0.4, 0.5) is 0 Å². The Morgan fingerprint density at radius 2 is 1.94 bits per heavy atom. The Morgan fingerprint density at radius 3 is 2.44 bits per heavy atom. The highest BCUT2D eigenvalue weighted by Gasteiger charge is 2.22. The Kier molecular flexibility index (Phi) is 6.12. The normalized spacial score (nSPS) is 16.8. The first-order valence-corrected chi connectivity index (χ1v) is 6.75. The monoisotopic (exact) mass is 255 g/mol. The van der Waals surface area contributed by atoms with Crippen LogP contribution in [0.25, 0.3) is 0 Å². The van der Waals surface area contributed by atoms with Crippen LogP contribution in [-0.2, 0) is 9.59 Å². The van der Waals surface area contributed by atoms with Crippen molar-refractivity contribution in [2.45, 2.75) is 33.1 Å². The van der Waals surface area contributed by atoms with E-state index in [1.54, 1.807) is 4.90 Å². The molecule has 2 amide bonds. The van der Waals surface area contributed by atoms with Crippen LogP contribution in [0, 0.1) is 11.8 Å². The van der Waals surface area contributed by atoms with Crippen LogP contribution < -0.4 is 11.1 Å². The number of amides is 2. The fourth-order valence-corrected chi connectivity index (χ4v) is 2.35. The number of nitrogens with zero attached hydrogens (tertiary/aromatic N) is 1. The molecule has 0 aromatic carbocycles. The van der Waals surface area contributed by atoms with Gasteiger partial charge in [-0.3, -0.25) is 9.59 Å². The van der Waals surface area contributed by atoms with Crippen LogP contribution in [0.2, 0.25) is 0 Å². The third-order valence-corrected chi connectivity index (χ3v) is 3.21. The zero-order valence-corrected chi connectivity index (χ0v) is 11.4.